The van der Waals surface area contributed by atoms with Crippen LogP contribution >= 0.6 is 0 Å². The van der Waals surface area contributed by atoms with Crippen molar-refractivity contribution >= 4 is 0 Å². The summed E-state index contributed by atoms with van der Waals surface area (Å²) < 4.78 is 5.68. The van der Waals surface area contributed by atoms with Gasteiger partial charge in [-0.05, 0) is 56.0 Å². The summed E-state index contributed by atoms with van der Waals surface area (Å²) in [6.07, 6.45) is 3.91. The summed E-state index contributed by atoms with van der Waals surface area (Å²) in [5.74, 6) is 0.810. The molecule has 2 unspecified atom stereocenters. The summed E-state index contributed by atoms with van der Waals surface area (Å²) in [6.45, 7) is 1.96. The van der Waals surface area contributed by atoms with Crippen LogP contribution in [-0.2, 0) is 6.42 Å². The maximum Gasteiger partial charge on any atom is 0.184 e. The predicted molar refractivity (Wildman–Crippen MR) is 71.5 cm³/mol. The lowest BCUT2D eigenvalue weighted by molar-refractivity contribution is 0.251. The molecule has 0 fully saturated rings. The minimum atomic E-state index is -0.348. The van der Waals surface area contributed by atoms with Crippen molar-refractivity contribution in [3.05, 3.63) is 29.3 Å². The average Bonchev–Trinajstić information content (AvgIpc) is 2.43. The van der Waals surface area contributed by atoms with Crippen molar-refractivity contribution in [2.75, 3.05) is 7.05 Å². The number of rotatable bonds is 4. The molecule has 18 heavy (non-hydrogen) atoms. The molecule has 1 aromatic rings. The highest BCUT2D eigenvalue weighted by Gasteiger charge is 2.19. The number of hydrogen-bond donors (Lipinski definition) is 1. The van der Waals surface area contributed by atoms with Gasteiger partial charge in [-0.25, -0.2) is 0 Å². The molecular formula is C15H20N2O. The lowest BCUT2D eigenvalue weighted by Crippen LogP contribution is -2.22. The van der Waals surface area contributed by atoms with E-state index in [0.717, 1.165) is 12.2 Å². The van der Waals surface area contributed by atoms with Gasteiger partial charge in [-0.3, -0.25) is 0 Å². The van der Waals surface area contributed by atoms with E-state index in [-0.39, 0.29) is 6.10 Å². The normalized spacial score (nSPS) is 19.7. The lowest BCUT2D eigenvalue weighted by Gasteiger charge is -2.26. The van der Waals surface area contributed by atoms with Crippen LogP contribution in [0.4, 0.5) is 0 Å². The van der Waals surface area contributed by atoms with Crippen LogP contribution in [0.5, 0.6) is 5.75 Å². The molecule has 0 spiro atoms. The second kappa shape index (κ2) is 5.88. The van der Waals surface area contributed by atoms with Crippen molar-refractivity contribution in [1.29, 1.82) is 5.26 Å². The highest BCUT2D eigenvalue weighted by atomic mass is 16.5. The Labute approximate surface area is 109 Å². The maximum absolute atomic E-state index is 8.94. The molecule has 0 saturated carbocycles. The molecule has 2 atom stereocenters. The minimum absolute atomic E-state index is 0.348. The van der Waals surface area contributed by atoms with Crippen LogP contribution in [0, 0.1) is 11.3 Å². The first kappa shape index (κ1) is 12.9. The number of aryl methyl sites for hydroxylation is 1. The van der Waals surface area contributed by atoms with Crippen molar-refractivity contribution in [3.63, 3.8) is 0 Å². The molecule has 1 aromatic carbocycles. The third-order valence-corrected chi connectivity index (χ3v) is 3.57. The Kier molecular flexibility index (Phi) is 4.22. The predicted octanol–water partition coefficient (Wildman–Crippen LogP) is 2.96. The SMILES string of the molecule is CCC(C#N)Oc1ccc2c(c1)C(NC)CCC2. The molecule has 3 heteroatoms. The van der Waals surface area contributed by atoms with Gasteiger partial charge in [0.15, 0.2) is 6.10 Å². The van der Waals surface area contributed by atoms with Gasteiger partial charge in [0.05, 0.1) is 0 Å². The number of hydrogen-bond acceptors (Lipinski definition) is 3. The highest BCUT2D eigenvalue weighted by molar-refractivity contribution is 5.39. The van der Waals surface area contributed by atoms with Crippen LogP contribution in [0.25, 0.3) is 0 Å². The summed E-state index contributed by atoms with van der Waals surface area (Å²) in [7, 11) is 2.00. The van der Waals surface area contributed by atoms with Crippen LogP contribution < -0.4 is 10.1 Å². The summed E-state index contributed by atoms with van der Waals surface area (Å²) in [5.41, 5.74) is 2.73. The molecule has 0 saturated heterocycles. The van der Waals surface area contributed by atoms with Crippen LogP contribution in [0.2, 0.25) is 0 Å². The number of ether oxygens (including phenoxy) is 1. The Hall–Kier alpha value is -1.53. The zero-order chi connectivity index (χ0) is 13.0. The number of nitriles is 1. The molecule has 0 bridgehead atoms. The van der Waals surface area contributed by atoms with E-state index in [2.05, 4.69) is 23.5 Å². The number of nitrogens with zero attached hydrogens (tertiary/aromatic N) is 1. The molecule has 0 amide bonds. The van der Waals surface area contributed by atoms with Gasteiger partial charge in [0.25, 0.3) is 0 Å². The molecule has 0 aromatic heterocycles. The third kappa shape index (κ3) is 2.65. The second-order valence-corrected chi connectivity index (χ2v) is 4.74. The first-order valence-corrected chi connectivity index (χ1v) is 6.64. The van der Waals surface area contributed by atoms with Crippen LogP contribution in [0.1, 0.15) is 43.4 Å². The van der Waals surface area contributed by atoms with Gasteiger partial charge >= 0.3 is 0 Å². The smallest absolute Gasteiger partial charge is 0.184 e. The lowest BCUT2D eigenvalue weighted by atomic mass is 9.87. The molecule has 0 aliphatic heterocycles. The van der Waals surface area contributed by atoms with E-state index in [1.165, 1.54) is 24.0 Å². The van der Waals surface area contributed by atoms with Gasteiger partial charge in [0, 0.05) is 6.04 Å². The van der Waals surface area contributed by atoms with Crippen molar-refractivity contribution < 1.29 is 4.74 Å². The highest BCUT2D eigenvalue weighted by Crippen LogP contribution is 2.32. The van der Waals surface area contributed by atoms with Gasteiger partial charge in [0.2, 0.25) is 0 Å². The number of nitrogens with one attached hydrogen (secondary N) is 1. The van der Waals surface area contributed by atoms with Gasteiger partial charge in [-0.1, -0.05) is 13.0 Å². The molecule has 0 radical (unpaired) electrons. The van der Waals surface area contributed by atoms with Gasteiger partial charge in [-0.15, -0.1) is 0 Å². The van der Waals surface area contributed by atoms with Crippen molar-refractivity contribution in [2.24, 2.45) is 0 Å². The summed E-state index contributed by atoms with van der Waals surface area (Å²) in [6, 6.07) is 8.80. The van der Waals surface area contributed by atoms with E-state index in [1.54, 1.807) is 0 Å². The Balaban J connectivity index is 2.22. The van der Waals surface area contributed by atoms with E-state index < -0.39 is 0 Å². The topological polar surface area (TPSA) is 45.0 Å². The fraction of sp³-hybridized carbons (Fsp3) is 0.533. The van der Waals surface area contributed by atoms with Crippen molar-refractivity contribution in [3.8, 4) is 11.8 Å². The molecule has 3 nitrogen and oxygen atoms in total. The van der Waals surface area contributed by atoms with Gasteiger partial charge in [0.1, 0.15) is 11.8 Å². The molecule has 1 N–H and O–H groups in total. The summed E-state index contributed by atoms with van der Waals surface area (Å²) >= 11 is 0. The molecule has 96 valence electrons. The Bertz CT molecular complexity index is 450. The van der Waals surface area contributed by atoms with E-state index in [1.807, 2.05) is 20.0 Å². The zero-order valence-corrected chi connectivity index (χ0v) is 11.1. The van der Waals surface area contributed by atoms with Crippen molar-refractivity contribution in [1.82, 2.24) is 5.32 Å². The van der Waals surface area contributed by atoms with E-state index in [4.69, 9.17) is 10.00 Å². The van der Waals surface area contributed by atoms with Crippen LogP contribution in [0.3, 0.4) is 0 Å². The Morgan fingerprint density at radius 3 is 3.06 bits per heavy atom. The molecule has 2 rings (SSSR count). The Morgan fingerprint density at radius 2 is 2.39 bits per heavy atom. The number of fused-ring (bicyclic) bond motifs is 1. The number of benzene rings is 1. The van der Waals surface area contributed by atoms with E-state index >= 15 is 0 Å². The largest absolute Gasteiger partial charge is 0.476 e. The van der Waals surface area contributed by atoms with Crippen LogP contribution in [-0.4, -0.2) is 13.2 Å². The third-order valence-electron chi connectivity index (χ3n) is 3.57. The average molecular weight is 244 g/mol. The quantitative estimate of drug-likeness (QED) is 0.885. The molecule has 0 heterocycles. The minimum Gasteiger partial charge on any atom is -0.476 e. The van der Waals surface area contributed by atoms with Crippen molar-refractivity contribution in [2.45, 2.75) is 44.8 Å². The second-order valence-electron chi connectivity index (χ2n) is 4.74. The fourth-order valence-corrected chi connectivity index (χ4v) is 2.52. The first-order chi connectivity index (χ1) is 8.78. The van der Waals surface area contributed by atoms with E-state index in [9.17, 15) is 0 Å². The fourth-order valence-electron chi connectivity index (χ4n) is 2.52. The molecule has 1 aliphatic rings. The Morgan fingerprint density at radius 1 is 1.56 bits per heavy atom. The van der Waals surface area contributed by atoms with E-state index in [0.29, 0.717) is 12.5 Å². The maximum atomic E-state index is 8.94. The zero-order valence-electron chi connectivity index (χ0n) is 11.1. The summed E-state index contributed by atoms with van der Waals surface area (Å²) in [4.78, 5) is 0. The standard InChI is InChI=1S/C15H20N2O/c1-3-12(10-16)18-13-8-7-11-5-4-6-15(17-2)14(11)9-13/h7-9,12,15,17H,3-6H2,1-2H3. The molecule has 1 aliphatic carbocycles. The first-order valence-electron chi connectivity index (χ1n) is 6.64. The molecular weight excluding hydrogens is 224 g/mol. The van der Waals surface area contributed by atoms with Crippen LogP contribution in [0.15, 0.2) is 18.2 Å². The van der Waals surface area contributed by atoms with Gasteiger partial charge < -0.3 is 10.1 Å². The summed E-state index contributed by atoms with van der Waals surface area (Å²) in [5, 5.41) is 12.3. The van der Waals surface area contributed by atoms with Gasteiger partial charge in [-0.2, -0.15) is 5.26 Å². The monoisotopic (exact) mass is 244 g/mol.